The van der Waals surface area contributed by atoms with Crippen LogP contribution in [-0.2, 0) is 0 Å². The zero-order valence-electron chi connectivity index (χ0n) is 12.9. The van der Waals surface area contributed by atoms with Crippen LogP contribution in [0.3, 0.4) is 0 Å². The number of carbonyl (C=O) groups is 1. The van der Waals surface area contributed by atoms with Crippen LogP contribution in [-0.4, -0.2) is 43.6 Å². The molecule has 1 aliphatic rings. The lowest BCUT2D eigenvalue weighted by Crippen LogP contribution is -2.44. The van der Waals surface area contributed by atoms with Crippen LogP contribution in [0.1, 0.15) is 36.5 Å². The fourth-order valence-electron chi connectivity index (χ4n) is 2.84. The largest absolute Gasteiger partial charge is 0.494 e. The second kappa shape index (κ2) is 7.31. The predicted molar refractivity (Wildman–Crippen MR) is 84.6 cm³/mol. The average molecular weight is 291 g/mol. The van der Waals surface area contributed by atoms with Crippen LogP contribution in [0.5, 0.6) is 5.75 Å². The standard InChI is InChI=1S/C16H25N3O2/c1-3-9-19-10-7-12(8-11-19)18-16(20)13-5-4-6-14(17)15(13)21-2/h4-6,12H,3,7-11,17H2,1-2H3,(H,18,20). The maximum Gasteiger partial charge on any atom is 0.255 e. The van der Waals surface area contributed by atoms with E-state index < -0.39 is 0 Å². The summed E-state index contributed by atoms with van der Waals surface area (Å²) in [6.07, 6.45) is 3.17. The van der Waals surface area contributed by atoms with Gasteiger partial charge in [-0.05, 0) is 37.9 Å². The van der Waals surface area contributed by atoms with Crippen molar-refractivity contribution in [3.05, 3.63) is 23.8 Å². The first-order chi connectivity index (χ1) is 10.2. The highest BCUT2D eigenvalue weighted by Crippen LogP contribution is 2.26. The molecule has 5 nitrogen and oxygen atoms in total. The molecule has 1 heterocycles. The first-order valence-electron chi connectivity index (χ1n) is 7.61. The third-order valence-corrected chi connectivity index (χ3v) is 3.96. The molecule has 0 atom stereocenters. The number of hydrogen-bond acceptors (Lipinski definition) is 4. The van der Waals surface area contributed by atoms with Crippen LogP contribution in [0.4, 0.5) is 5.69 Å². The molecular weight excluding hydrogens is 266 g/mol. The minimum Gasteiger partial charge on any atom is -0.494 e. The Morgan fingerprint density at radius 3 is 2.76 bits per heavy atom. The molecule has 0 saturated carbocycles. The Hall–Kier alpha value is -1.75. The summed E-state index contributed by atoms with van der Waals surface area (Å²) in [5.74, 6) is 0.353. The molecule has 1 aliphatic heterocycles. The number of carbonyl (C=O) groups excluding carboxylic acids is 1. The van der Waals surface area contributed by atoms with Gasteiger partial charge in [0, 0.05) is 19.1 Å². The van der Waals surface area contributed by atoms with Gasteiger partial charge in [0.1, 0.15) is 0 Å². The van der Waals surface area contributed by atoms with Crippen LogP contribution in [0, 0.1) is 0 Å². The fourth-order valence-corrected chi connectivity index (χ4v) is 2.84. The van der Waals surface area contributed by atoms with Crippen LogP contribution < -0.4 is 15.8 Å². The van der Waals surface area contributed by atoms with E-state index in [2.05, 4.69) is 17.1 Å². The normalized spacial score (nSPS) is 16.7. The molecule has 2 rings (SSSR count). The Morgan fingerprint density at radius 2 is 2.14 bits per heavy atom. The van der Waals surface area contributed by atoms with Gasteiger partial charge in [-0.15, -0.1) is 0 Å². The van der Waals surface area contributed by atoms with Gasteiger partial charge in [-0.3, -0.25) is 4.79 Å². The summed E-state index contributed by atoms with van der Waals surface area (Å²) in [7, 11) is 1.53. The number of nitrogens with two attached hydrogens (primary N) is 1. The molecule has 0 bridgehead atoms. The van der Waals surface area contributed by atoms with E-state index in [1.165, 1.54) is 13.5 Å². The summed E-state index contributed by atoms with van der Waals surface area (Å²) < 4.78 is 5.24. The maximum atomic E-state index is 12.4. The molecule has 1 amide bonds. The average Bonchev–Trinajstić information content (AvgIpc) is 2.49. The molecule has 1 saturated heterocycles. The molecule has 1 aromatic carbocycles. The molecule has 21 heavy (non-hydrogen) atoms. The smallest absolute Gasteiger partial charge is 0.255 e. The highest BCUT2D eigenvalue weighted by atomic mass is 16.5. The summed E-state index contributed by atoms with van der Waals surface area (Å²) >= 11 is 0. The molecule has 1 aromatic rings. The third-order valence-electron chi connectivity index (χ3n) is 3.96. The zero-order chi connectivity index (χ0) is 15.2. The lowest BCUT2D eigenvalue weighted by atomic mass is 10.0. The summed E-state index contributed by atoms with van der Waals surface area (Å²) in [5, 5.41) is 3.10. The van der Waals surface area contributed by atoms with Crippen molar-refractivity contribution >= 4 is 11.6 Å². The Labute approximate surface area is 126 Å². The summed E-state index contributed by atoms with van der Waals surface area (Å²) in [6.45, 7) is 5.43. The van der Waals surface area contributed by atoms with Gasteiger partial charge in [-0.25, -0.2) is 0 Å². The Kier molecular flexibility index (Phi) is 5.44. The van der Waals surface area contributed by atoms with Gasteiger partial charge in [-0.1, -0.05) is 13.0 Å². The first-order valence-corrected chi connectivity index (χ1v) is 7.61. The molecular formula is C16H25N3O2. The number of nitrogens with zero attached hydrogens (tertiary/aromatic N) is 1. The van der Waals surface area contributed by atoms with Crippen molar-refractivity contribution < 1.29 is 9.53 Å². The minimum absolute atomic E-state index is 0.104. The van der Waals surface area contributed by atoms with E-state index in [1.54, 1.807) is 18.2 Å². The van der Waals surface area contributed by atoms with Gasteiger partial charge in [-0.2, -0.15) is 0 Å². The Balaban J connectivity index is 1.95. The highest BCUT2D eigenvalue weighted by Gasteiger charge is 2.22. The Bertz CT molecular complexity index is 482. The predicted octanol–water partition coefficient (Wildman–Crippen LogP) is 1.88. The van der Waals surface area contributed by atoms with Crippen molar-refractivity contribution in [1.82, 2.24) is 10.2 Å². The second-order valence-corrected chi connectivity index (χ2v) is 5.52. The lowest BCUT2D eigenvalue weighted by molar-refractivity contribution is 0.0908. The molecule has 0 aromatic heterocycles. The first kappa shape index (κ1) is 15.6. The van der Waals surface area contributed by atoms with E-state index in [9.17, 15) is 4.79 Å². The number of benzene rings is 1. The lowest BCUT2D eigenvalue weighted by Gasteiger charge is -2.32. The molecule has 0 spiro atoms. The number of methoxy groups -OCH3 is 1. The number of ether oxygens (including phenoxy) is 1. The molecule has 0 radical (unpaired) electrons. The minimum atomic E-state index is -0.104. The molecule has 0 aliphatic carbocycles. The summed E-state index contributed by atoms with van der Waals surface area (Å²) in [6, 6.07) is 5.49. The van der Waals surface area contributed by atoms with Crippen molar-refractivity contribution in [2.45, 2.75) is 32.2 Å². The van der Waals surface area contributed by atoms with Crippen molar-refractivity contribution in [2.24, 2.45) is 0 Å². The molecule has 1 fully saturated rings. The van der Waals surface area contributed by atoms with E-state index in [1.807, 2.05) is 0 Å². The number of nitrogens with one attached hydrogen (secondary N) is 1. The van der Waals surface area contributed by atoms with Gasteiger partial charge in [0.25, 0.3) is 5.91 Å². The highest BCUT2D eigenvalue weighted by molar-refractivity contribution is 5.98. The van der Waals surface area contributed by atoms with Gasteiger partial charge in [0.15, 0.2) is 5.75 Å². The van der Waals surface area contributed by atoms with Crippen molar-refractivity contribution in [3.8, 4) is 5.75 Å². The Morgan fingerprint density at radius 1 is 1.43 bits per heavy atom. The van der Waals surface area contributed by atoms with E-state index >= 15 is 0 Å². The quantitative estimate of drug-likeness (QED) is 0.813. The number of amides is 1. The number of rotatable bonds is 5. The van der Waals surface area contributed by atoms with Crippen LogP contribution >= 0.6 is 0 Å². The van der Waals surface area contributed by atoms with Gasteiger partial charge >= 0.3 is 0 Å². The number of likely N-dealkylation sites (tertiary alicyclic amines) is 1. The van der Waals surface area contributed by atoms with Crippen LogP contribution in [0.25, 0.3) is 0 Å². The topological polar surface area (TPSA) is 67.6 Å². The van der Waals surface area contributed by atoms with Crippen LogP contribution in [0.15, 0.2) is 18.2 Å². The third kappa shape index (κ3) is 3.88. The van der Waals surface area contributed by atoms with Gasteiger partial charge in [0.05, 0.1) is 18.4 Å². The van der Waals surface area contributed by atoms with Crippen molar-refractivity contribution in [1.29, 1.82) is 0 Å². The SMILES string of the molecule is CCCN1CCC(NC(=O)c2cccc(N)c2OC)CC1. The van der Waals surface area contributed by atoms with Crippen molar-refractivity contribution in [2.75, 3.05) is 32.5 Å². The number of hydrogen-bond donors (Lipinski definition) is 2. The maximum absolute atomic E-state index is 12.4. The number of nitrogen functional groups attached to an aromatic ring is 1. The van der Waals surface area contributed by atoms with Crippen LogP contribution in [0.2, 0.25) is 0 Å². The van der Waals surface area contributed by atoms with Gasteiger partial charge in [0.2, 0.25) is 0 Å². The molecule has 5 heteroatoms. The number of para-hydroxylation sites is 1. The van der Waals surface area contributed by atoms with E-state index in [0.29, 0.717) is 17.0 Å². The molecule has 3 N–H and O–H groups in total. The summed E-state index contributed by atoms with van der Waals surface area (Å²) in [4.78, 5) is 14.8. The number of piperidine rings is 1. The van der Waals surface area contributed by atoms with E-state index in [4.69, 9.17) is 10.5 Å². The summed E-state index contributed by atoms with van der Waals surface area (Å²) in [5.41, 5.74) is 6.84. The second-order valence-electron chi connectivity index (χ2n) is 5.52. The monoisotopic (exact) mass is 291 g/mol. The molecule has 0 unspecified atom stereocenters. The van der Waals surface area contributed by atoms with E-state index in [-0.39, 0.29) is 11.9 Å². The zero-order valence-corrected chi connectivity index (χ0v) is 12.9. The van der Waals surface area contributed by atoms with Gasteiger partial charge < -0.3 is 20.7 Å². The molecule has 116 valence electrons. The van der Waals surface area contributed by atoms with Crippen molar-refractivity contribution in [3.63, 3.8) is 0 Å². The fraction of sp³-hybridized carbons (Fsp3) is 0.562. The van der Waals surface area contributed by atoms with E-state index in [0.717, 1.165) is 32.5 Å². The number of anilines is 1.